The summed E-state index contributed by atoms with van der Waals surface area (Å²) >= 11 is 0. The molecule has 0 spiro atoms. The van der Waals surface area contributed by atoms with E-state index in [1.54, 1.807) is 0 Å². The van der Waals surface area contributed by atoms with Crippen molar-refractivity contribution >= 4 is 0 Å². The monoisotopic (exact) mass is 626 g/mol. The van der Waals surface area contributed by atoms with Crippen molar-refractivity contribution in [2.75, 3.05) is 46.1 Å². The van der Waals surface area contributed by atoms with E-state index in [1.165, 1.54) is 44.9 Å². The second kappa shape index (κ2) is 20.9. The average Bonchev–Trinajstić information content (AvgIpc) is 2.86. The summed E-state index contributed by atoms with van der Waals surface area (Å²) in [6.45, 7) is 39.0. The highest BCUT2D eigenvalue weighted by Gasteiger charge is 2.25. The van der Waals surface area contributed by atoms with Gasteiger partial charge in [-0.05, 0) is 142 Å². The summed E-state index contributed by atoms with van der Waals surface area (Å²) in [7, 11) is 0. The van der Waals surface area contributed by atoms with Crippen LogP contribution in [0.25, 0.3) is 0 Å². The summed E-state index contributed by atoms with van der Waals surface area (Å²) in [5.41, 5.74) is 1.41. The maximum absolute atomic E-state index is 6.16. The van der Waals surface area contributed by atoms with Crippen LogP contribution < -0.4 is 16.0 Å². The minimum atomic E-state index is 0.143. The molecule has 0 unspecified atom stereocenters. The highest BCUT2D eigenvalue weighted by Crippen LogP contribution is 2.28. The number of hydrogen-bond acceptors (Lipinski definition) is 5. The Labute approximate surface area is 277 Å². The standard InChI is InChI=1S/C39H83N3O2/c1-34(2,3)22-17-15-16-18-27-41-38(11,12)25-23-36(7,8)32-43-30-20-19-28-42-39(13,14)26-24-37(9,10)33-44-31-21-29-40-35(4,5)6/h40-42H,15-33H2,1-14H3. The van der Waals surface area contributed by atoms with E-state index in [-0.39, 0.29) is 27.4 Å². The van der Waals surface area contributed by atoms with Crippen molar-refractivity contribution in [3.63, 3.8) is 0 Å². The summed E-state index contributed by atoms with van der Waals surface area (Å²) in [4.78, 5) is 0. The van der Waals surface area contributed by atoms with Gasteiger partial charge in [-0.1, -0.05) is 67.7 Å². The van der Waals surface area contributed by atoms with Crippen molar-refractivity contribution in [2.45, 2.75) is 191 Å². The Bertz CT molecular complexity index is 701. The third-order valence-electron chi connectivity index (χ3n) is 8.74. The molecule has 0 atom stereocenters. The van der Waals surface area contributed by atoms with Crippen molar-refractivity contribution in [3.05, 3.63) is 0 Å². The van der Waals surface area contributed by atoms with Gasteiger partial charge in [-0.2, -0.15) is 0 Å². The number of hydrogen-bond donors (Lipinski definition) is 3. The number of unbranched alkanes of at least 4 members (excludes halogenated alkanes) is 4. The Morgan fingerprint density at radius 1 is 0.386 bits per heavy atom. The SMILES string of the molecule is CC(C)(C)CCCCCCNC(C)(C)CCC(C)(C)COCCCCNC(C)(C)CCC(C)(C)COCCCNC(C)(C)C. The lowest BCUT2D eigenvalue weighted by atomic mass is 9.83. The molecule has 0 aliphatic carbocycles. The second-order valence-corrected chi connectivity index (χ2v) is 19.0. The Balaban J connectivity index is 3.97. The maximum Gasteiger partial charge on any atom is 0.0517 e. The summed E-state index contributed by atoms with van der Waals surface area (Å²) in [6, 6.07) is 0. The molecule has 0 radical (unpaired) electrons. The largest absolute Gasteiger partial charge is 0.381 e. The fourth-order valence-electron chi connectivity index (χ4n) is 5.27. The Morgan fingerprint density at radius 2 is 0.795 bits per heavy atom. The molecular weight excluding hydrogens is 542 g/mol. The third kappa shape index (κ3) is 29.2. The van der Waals surface area contributed by atoms with Gasteiger partial charge in [-0.25, -0.2) is 0 Å². The van der Waals surface area contributed by atoms with Gasteiger partial charge in [0.1, 0.15) is 0 Å². The summed E-state index contributed by atoms with van der Waals surface area (Å²) < 4.78 is 12.2. The fourth-order valence-corrected chi connectivity index (χ4v) is 5.27. The van der Waals surface area contributed by atoms with Crippen LogP contribution in [0.5, 0.6) is 0 Å². The van der Waals surface area contributed by atoms with Crippen LogP contribution in [0.3, 0.4) is 0 Å². The normalized spacial score (nSPS) is 14.0. The molecule has 266 valence electrons. The highest BCUT2D eigenvalue weighted by molar-refractivity contribution is 4.82. The van der Waals surface area contributed by atoms with E-state index in [9.17, 15) is 0 Å². The maximum atomic E-state index is 6.16. The molecule has 0 bridgehead atoms. The first-order valence-corrected chi connectivity index (χ1v) is 18.4. The average molecular weight is 626 g/mol. The van der Waals surface area contributed by atoms with Crippen LogP contribution in [0, 0.1) is 16.2 Å². The molecule has 0 fully saturated rings. The first kappa shape index (κ1) is 43.8. The van der Waals surface area contributed by atoms with E-state index in [4.69, 9.17) is 9.47 Å². The molecule has 0 saturated heterocycles. The van der Waals surface area contributed by atoms with Gasteiger partial charge >= 0.3 is 0 Å². The predicted octanol–water partition coefficient (Wildman–Crippen LogP) is 9.92. The van der Waals surface area contributed by atoms with Crippen molar-refractivity contribution in [2.24, 2.45) is 16.2 Å². The Morgan fingerprint density at radius 3 is 1.25 bits per heavy atom. The molecule has 0 aliphatic heterocycles. The Kier molecular flexibility index (Phi) is 20.8. The minimum absolute atomic E-state index is 0.143. The molecule has 0 aromatic rings. The molecule has 0 heterocycles. The van der Waals surface area contributed by atoms with E-state index in [2.05, 4.69) is 113 Å². The van der Waals surface area contributed by atoms with E-state index in [0.29, 0.717) is 5.41 Å². The van der Waals surface area contributed by atoms with Crippen LogP contribution in [0.15, 0.2) is 0 Å². The van der Waals surface area contributed by atoms with Crippen molar-refractivity contribution < 1.29 is 9.47 Å². The zero-order chi connectivity index (χ0) is 34.0. The van der Waals surface area contributed by atoms with Gasteiger partial charge in [0.05, 0.1) is 13.2 Å². The van der Waals surface area contributed by atoms with Crippen LogP contribution in [-0.4, -0.2) is 62.7 Å². The van der Waals surface area contributed by atoms with Crippen molar-refractivity contribution in [1.29, 1.82) is 0 Å². The van der Waals surface area contributed by atoms with Gasteiger partial charge in [0.15, 0.2) is 0 Å². The second-order valence-electron chi connectivity index (χ2n) is 19.0. The lowest BCUT2D eigenvalue weighted by molar-refractivity contribution is 0.0493. The van der Waals surface area contributed by atoms with E-state index in [1.807, 2.05) is 0 Å². The Hall–Kier alpha value is -0.200. The van der Waals surface area contributed by atoms with E-state index < -0.39 is 0 Å². The lowest BCUT2D eigenvalue weighted by Gasteiger charge is -2.32. The summed E-state index contributed by atoms with van der Waals surface area (Å²) in [5.74, 6) is 0. The molecule has 0 rings (SSSR count). The molecule has 44 heavy (non-hydrogen) atoms. The van der Waals surface area contributed by atoms with Gasteiger partial charge < -0.3 is 25.4 Å². The zero-order valence-electron chi connectivity index (χ0n) is 32.8. The summed E-state index contributed by atoms with van der Waals surface area (Å²) in [6.07, 6.45) is 14.7. The number of nitrogens with one attached hydrogen (secondary N) is 3. The van der Waals surface area contributed by atoms with Gasteiger partial charge in [-0.3, -0.25) is 0 Å². The molecule has 5 heteroatoms. The van der Waals surface area contributed by atoms with Gasteiger partial charge in [0, 0.05) is 29.8 Å². The quantitative estimate of drug-likeness (QED) is 0.0793. The van der Waals surface area contributed by atoms with Crippen LogP contribution >= 0.6 is 0 Å². The van der Waals surface area contributed by atoms with Gasteiger partial charge in [0.2, 0.25) is 0 Å². The third-order valence-corrected chi connectivity index (χ3v) is 8.74. The molecule has 0 saturated carbocycles. The predicted molar refractivity (Wildman–Crippen MR) is 196 cm³/mol. The molecule has 0 aromatic heterocycles. The van der Waals surface area contributed by atoms with Gasteiger partial charge in [0.25, 0.3) is 0 Å². The number of ether oxygens (including phenoxy) is 2. The lowest BCUT2D eigenvalue weighted by Crippen LogP contribution is -2.41. The first-order chi connectivity index (χ1) is 20.0. The van der Waals surface area contributed by atoms with E-state index >= 15 is 0 Å². The van der Waals surface area contributed by atoms with Gasteiger partial charge in [-0.15, -0.1) is 0 Å². The molecule has 0 aromatic carbocycles. The number of rotatable bonds is 27. The molecule has 3 N–H and O–H groups in total. The van der Waals surface area contributed by atoms with Crippen LogP contribution in [-0.2, 0) is 9.47 Å². The fraction of sp³-hybridized carbons (Fsp3) is 1.00. The molecule has 5 nitrogen and oxygen atoms in total. The van der Waals surface area contributed by atoms with Crippen LogP contribution in [0.1, 0.15) is 174 Å². The molecule has 0 amide bonds. The van der Waals surface area contributed by atoms with Crippen molar-refractivity contribution in [3.8, 4) is 0 Å². The highest BCUT2D eigenvalue weighted by atomic mass is 16.5. The zero-order valence-corrected chi connectivity index (χ0v) is 32.8. The topological polar surface area (TPSA) is 54.5 Å². The van der Waals surface area contributed by atoms with Crippen molar-refractivity contribution in [1.82, 2.24) is 16.0 Å². The van der Waals surface area contributed by atoms with Crippen LogP contribution in [0.4, 0.5) is 0 Å². The van der Waals surface area contributed by atoms with Crippen LogP contribution in [0.2, 0.25) is 0 Å². The van der Waals surface area contributed by atoms with E-state index in [0.717, 1.165) is 78.2 Å². The smallest absolute Gasteiger partial charge is 0.0517 e. The minimum Gasteiger partial charge on any atom is -0.381 e. The molecule has 0 aliphatic rings. The first-order valence-electron chi connectivity index (χ1n) is 18.4. The molecular formula is C39H83N3O2. The summed E-state index contributed by atoms with van der Waals surface area (Å²) in [5, 5.41) is 11.2.